The van der Waals surface area contributed by atoms with Crippen molar-refractivity contribution < 1.29 is 9.90 Å². The number of rotatable bonds is 5. The summed E-state index contributed by atoms with van der Waals surface area (Å²) in [6, 6.07) is 12.2. The molecule has 5 nitrogen and oxygen atoms in total. The van der Waals surface area contributed by atoms with Crippen LogP contribution >= 0.6 is 0 Å². The molecule has 0 spiro atoms. The Morgan fingerprint density at radius 2 is 1.95 bits per heavy atom. The van der Waals surface area contributed by atoms with Crippen molar-refractivity contribution in [2.45, 2.75) is 31.1 Å². The molecule has 0 radical (unpaired) electrons. The minimum Gasteiger partial charge on any atom is -0.396 e. The fourth-order valence-electron chi connectivity index (χ4n) is 2.86. The van der Waals surface area contributed by atoms with Crippen molar-refractivity contribution in [1.82, 2.24) is 10.2 Å². The van der Waals surface area contributed by atoms with Gasteiger partial charge in [0.15, 0.2) is 0 Å². The Balaban J connectivity index is 1.89. The van der Waals surface area contributed by atoms with Crippen molar-refractivity contribution in [2.24, 2.45) is 0 Å². The summed E-state index contributed by atoms with van der Waals surface area (Å²) in [5.41, 5.74) is 0.565. The molecular formula is C17H23N3O2. The number of aliphatic hydroxyl groups is 1. The van der Waals surface area contributed by atoms with E-state index in [-0.39, 0.29) is 12.6 Å². The minimum atomic E-state index is -0.477. The van der Waals surface area contributed by atoms with Gasteiger partial charge in [0.1, 0.15) is 0 Å². The highest BCUT2D eigenvalue weighted by molar-refractivity contribution is 5.74. The molecule has 1 aromatic carbocycles. The standard InChI is InChI=1S/C17H23N3O2/c18-14-17(15-6-2-1-3-7-15)8-11-20(12-9-17)16(22)19-10-4-5-13-21/h1-3,6-7,21H,4-5,8-13H2,(H,19,22). The van der Waals surface area contributed by atoms with Crippen LogP contribution in [0.4, 0.5) is 4.79 Å². The van der Waals surface area contributed by atoms with Crippen molar-refractivity contribution >= 4 is 6.03 Å². The van der Waals surface area contributed by atoms with E-state index < -0.39 is 5.41 Å². The number of hydrogen-bond donors (Lipinski definition) is 2. The first kappa shape index (κ1) is 16.3. The molecule has 1 saturated heterocycles. The van der Waals surface area contributed by atoms with E-state index in [9.17, 15) is 10.1 Å². The van der Waals surface area contributed by atoms with Gasteiger partial charge >= 0.3 is 6.03 Å². The predicted octanol–water partition coefficient (Wildman–Crippen LogP) is 2.03. The number of piperidine rings is 1. The first-order valence-electron chi connectivity index (χ1n) is 7.82. The van der Waals surface area contributed by atoms with Crippen LogP contribution in [0, 0.1) is 11.3 Å². The Morgan fingerprint density at radius 1 is 1.27 bits per heavy atom. The van der Waals surface area contributed by atoms with Crippen LogP contribution in [-0.2, 0) is 5.41 Å². The Morgan fingerprint density at radius 3 is 2.55 bits per heavy atom. The first-order chi connectivity index (χ1) is 10.7. The van der Waals surface area contributed by atoms with Gasteiger partial charge in [0.05, 0.1) is 11.5 Å². The first-order valence-corrected chi connectivity index (χ1v) is 7.82. The molecule has 22 heavy (non-hydrogen) atoms. The molecule has 2 N–H and O–H groups in total. The second-order valence-electron chi connectivity index (χ2n) is 5.71. The van der Waals surface area contributed by atoms with Gasteiger partial charge in [-0.05, 0) is 31.2 Å². The molecule has 0 unspecified atom stereocenters. The molecule has 0 atom stereocenters. The number of urea groups is 1. The Kier molecular flexibility index (Phi) is 5.79. The number of carbonyl (C=O) groups excluding carboxylic acids is 1. The monoisotopic (exact) mass is 301 g/mol. The van der Waals surface area contributed by atoms with Crippen LogP contribution in [-0.4, -0.2) is 42.3 Å². The fraction of sp³-hybridized carbons (Fsp3) is 0.529. The van der Waals surface area contributed by atoms with E-state index in [4.69, 9.17) is 5.11 Å². The largest absolute Gasteiger partial charge is 0.396 e. The van der Waals surface area contributed by atoms with Crippen LogP contribution in [0.1, 0.15) is 31.2 Å². The third-order valence-corrected chi connectivity index (χ3v) is 4.31. The predicted molar refractivity (Wildman–Crippen MR) is 84.3 cm³/mol. The van der Waals surface area contributed by atoms with Gasteiger partial charge in [-0.3, -0.25) is 0 Å². The Bertz CT molecular complexity index is 516. The zero-order valence-electron chi connectivity index (χ0n) is 12.8. The zero-order valence-corrected chi connectivity index (χ0v) is 12.8. The molecule has 0 aliphatic carbocycles. The summed E-state index contributed by atoms with van der Waals surface area (Å²) in [5.74, 6) is 0. The van der Waals surface area contributed by atoms with Gasteiger partial charge in [0.2, 0.25) is 0 Å². The highest BCUT2D eigenvalue weighted by atomic mass is 16.3. The molecule has 1 aromatic rings. The van der Waals surface area contributed by atoms with Crippen LogP contribution in [0.2, 0.25) is 0 Å². The van der Waals surface area contributed by atoms with Crippen molar-refractivity contribution in [3.8, 4) is 6.07 Å². The molecule has 1 aliphatic heterocycles. The third kappa shape index (κ3) is 3.77. The summed E-state index contributed by atoms with van der Waals surface area (Å²) in [4.78, 5) is 13.8. The maximum atomic E-state index is 12.1. The number of nitrogens with zero attached hydrogens (tertiary/aromatic N) is 2. The molecule has 1 heterocycles. The number of carbonyl (C=O) groups is 1. The van der Waals surface area contributed by atoms with Gasteiger partial charge in [-0.1, -0.05) is 30.3 Å². The fourth-order valence-corrected chi connectivity index (χ4v) is 2.86. The summed E-state index contributed by atoms with van der Waals surface area (Å²) in [6.07, 6.45) is 2.81. The average molecular weight is 301 g/mol. The average Bonchev–Trinajstić information content (AvgIpc) is 2.59. The van der Waals surface area contributed by atoms with Crippen LogP contribution in [0.15, 0.2) is 30.3 Å². The number of hydrogen-bond acceptors (Lipinski definition) is 3. The molecule has 1 aliphatic rings. The molecule has 0 saturated carbocycles. The smallest absolute Gasteiger partial charge is 0.317 e. The van der Waals surface area contributed by atoms with Gasteiger partial charge in [0.25, 0.3) is 0 Å². The van der Waals surface area contributed by atoms with Crippen molar-refractivity contribution in [3.63, 3.8) is 0 Å². The lowest BCUT2D eigenvalue weighted by atomic mass is 9.74. The Hall–Kier alpha value is -2.06. The lowest BCUT2D eigenvalue weighted by Gasteiger charge is -2.37. The number of benzene rings is 1. The molecule has 2 amide bonds. The topological polar surface area (TPSA) is 76.4 Å². The normalized spacial score (nSPS) is 16.8. The SMILES string of the molecule is N#CC1(c2ccccc2)CCN(C(=O)NCCCCO)CC1. The Labute approximate surface area is 131 Å². The maximum absolute atomic E-state index is 12.1. The number of amides is 2. The molecule has 2 rings (SSSR count). The number of nitriles is 1. The van der Waals surface area contributed by atoms with Crippen molar-refractivity contribution in [2.75, 3.05) is 26.2 Å². The van der Waals surface area contributed by atoms with Crippen LogP contribution < -0.4 is 5.32 Å². The molecule has 118 valence electrons. The second kappa shape index (κ2) is 7.81. The number of unbranched alkanes of at least 4 members (excludes halogenated alkanes) is 1. The number of likely N-dealkylation sites (tertiary alicyclic amines) is 1. The van der Waals surface area contributed by atoms with E-state index in [1.807, 2.05) is 30.3 Å². The molecule has 5 heteroatoms. The van der Waals surface area contributed by atoms with Gasteiger partial charge in [-0.2, -0.15) is 5.26 Å². The quantitative estimate of drug-likeness (QED) is 0.817. The summed E-state index contributed by atoms with van der Waals surface area (Å²) in [6.45, 7) is 1.92. The summed E-state index contributed by atoms with van der Waals surface area (Å²) in [5, 5.41) is 21.2. The van der Waals surface area contributed by atoms with E-state index >= 15 is 0 Å². The minimum absolute atomic E-state index is 0.0717. The maximum Gasteiger partial charge on any atom is 0.317 e. The van der Waals surface area contributed by atoms with E-state index in [1.165, 1.54) is 0 Å². The van der Waals surface area contributed by atoms with Crippen LogP contribution in [0.5, 0.6) is 0 Å². The summed E-state index contributed by atoms with van der Waals surface area (Å²) >= 11 is 0. The van der Waals surface area contributed by atoms with Gasteiger partial charge < -0.3 is 15.3 Å². The van der Waals surface area contributed by atoms with E-state index in [1.54, 1.807) is 4.90 Å². The van der Waals surface area contributed by atoms with E-state index in [0.717, 1.165) is 12.0 Å². The van der Waals surface area contributed by atoms with Crippen molar-refractivity contribution in [1.29, 1.82) is 5.26 Å². The summed E-state index contributed by atoms with van der Waals surface area (Å²) in [7, 11) is 0. The lowest BCUT2D eigenvalue weighted by Crippen LogP contribution is -2.48. The number of nitrogens with one attached hydrogen (secondary N) is 1. The van der Waals surface area contributed by atoms with E-state index in [2.05, 4.69) is 11.4 Å². The lowest BCUT2D eigenvalue weighted by molar-refractivity contribution is 0.171. The second-order valence-corrected chi connectivity index (χ2v) is 5.71. The van der Waals surface area contributed by atoms with Gasteiger partial charge in [0, 0.05) is 26.2 Å². The van der Waals surface area contributed by atoms with Gasteiger partial charge in [-0.25, -0.2) is 4.79 Å². The zero-order chi connectivity index (χ0) is 15.8. The van der Waals surface area contributed by atoms with Crippen LogP contribution in [0.3, 0.4) is 0 Å². The number of aliphatic hydroxyl groups excluding tert-OH is 1. The molecular weight excluding hydrogens is 278 g/mol. The highest BCUT2D eigenvalue weighted by Crippen LogP contribution is 2.34. The summed E-state index contributed by atoms with van der Waals surface area (Å²) < 4.78 is 0. The van der Waals surface area contributed by atoms with Gasteiger partial charge in [-0.15, -0.1) is 0 Å². The molecule has 0 aromatic heterocycles. The third-order valence-electron chi connectivity index (χ3n) is 4.31. The van der Waals surface area contributed by atoms with E-state index in [0.29, 0.717) is 38.9 Å². The van der Waals surface area contributed by atoms with Crippen molar-refractivity contribution in [3.05, 3.63) is 35.9 Å². The van der Waals surface area contributed by atoms with Crippen LogP contribution in [0.25, 0.3) is 0 Å². The molecule has 0 bridgehead atoms. The molecule has 1 fully saturated rings. The highest BCUT2D eigenvalue weighted by Gasteiger charge is 2.37.